The van der Waals surface area contributed by atoms with Gasteiger partial charge in [-0.2, -0.15) is 0 Å². The first-order valence-corrected chi connectivity index (χ1v) is 8.65. The van der Waals surface area contributed by atoms with E-state index < -0.39 is 17.9 Å². The van der Waals surface area contributed by atoms with Crippen molar-refractivity contribution in [1.82, 2.24) is 14.7 Å². The van der Waals surface area contributed by atoms with E-state index in [9.17, 15) is 19.2 Å². The molecule has 0 aromatic heterocycles. The van der Waals surface area contributed by atoms with Crippen LogP contribution in [0.25, 0.3) is 0 Å². The van der Waals surface area contributed by atoms with Crippen LogP contribution in [0.2, 0.25) is 5.02 Å². The Morgan fingerprint density at radius 2 is 1.65 bits per heavy atom. The Labute approximate surface area is 155 Å². The lowest BCUT2D eigenvalue weighted by atomic mass is 10.1. The number of ether oxygens (including phenoxy) is 1. The number of nitrogens with zero attached hydrogens (tertiary/aromatic N) is 3. The van der Waals surface area contributed by atoms with Gasteiger partial charge >= 0.3 is 6.09 Å². The van der Waals surface area contributed by atoms with Gasteiger partial charge in [-0.05, 0) is 25.1 Å². The van der Waals surface area contributed by atoms with Crippen LogP contribution >= 0.6 is 11.6 Å². The second-order valence-corrected chi connectivity index (χ2v) is 6.39. The molecular weight excluding hydrogens is 362 g/mol. The summed E-state index contributed by atoms with van der Waals surface area (Å²) in [6, 6.07) is 4.45. The Balaban J connectivity index is 1.60. The molecule has 0 unspecified atom stereocenters. The minimum absolute atomic E-state index is 0.211. The first-order chi connectivity index (χ1) is 12.4. The topological polar surface area (TPSA) is 87.2 Å². The molecule has 0 N–H and O–H groups in total. The molecule has 1 saturated heterocycles. The van der Waals surface area contributed by atoms with Gasteiger partial charge in [0.1, 0.15) is 6.54 Å². The fraction of sp³-hybridized carbons (Fsp3) is 0.412. The molecule has 8 nitrogen and oxygen atoms in total. The van der Waals surface area contributed by atoms with E-state index in [1.165, 1.54) is 28.0 Å². The third kappa shape index (κ3) is 3.37. The van der Waals surface area contributed by atoms with Crippen molar-refractivity contribution in [3.05, 3.63) is 34.3 Å². The summed E-state index contributed by atoms with van der Waals surface area (Å²) in [5.41, 5.74) is 0.460. The molecule has 0 radical (unpaired) electrons. The van der Waals surface area contributed by atoms with Crippen LogP contribution < -0.4 is 0 Å². The van der Waals surface area contributed by atoms with Gasteiger partial charge in [0.15, 0.2) is 0 Å². The number of amides is 4. The van der Waals surface area contributed by atoms with Crippen LogP contribution in [-0.4, -0.2) is 77.8 Å². The van der Waals surface area contributed by atoms with Gasteiger partial charge in [-0.25, -0.2) is 4.79 Å². The highest BCUT2D eigenvalue weighted by Gasteiger charge is 2.38. The molecule has 0 atom stereocenters. The van der Waals surface area contributed by atoms with E-state index >= 15 is 0 Å². The Hall–Kier alpha value is -2.61. The minimum Gasteiger partial charge on any atom is -0.450 e. The van der Waals surface area contributed by atoms with Gasteiger partial charge in [0, 0.05) is 31.2 Å². The van der Waals surface area contributed by atoms with Gasteiger partial charge in [0.05, 0.1) is 17.7 Å². The second kappa shape index (κ2) is 7.33. The summed E-state index contributed by atoms with van der Waals surface area (Å²) in [5, 5.41) is 0.355. The maximum absolute atomic E-state index is 12.5. The van der Waals surface area contributed by atoms with Gasteiger partial charge in [-0.15, -0.1) is 0 Å². The zero-order valence-electron chi connectivity index (χ0n) is 14.2. The Bertz CT molecular complexity index is 774. The van der Waals surface area contributed by atoms with Crippen molar-refractivity contribution in [3.63, 3.8) is 0 Å². The average molecular weight is 380 g/mol. The highest BCUT2D eigenvalue weighted by molar-refractivity contribution is 6.32. The van der Waals surface area contributed by atoms with Crippen LogP contribution in [0, 0.1) is 0 Å². The van der Waals surface area contributed by atoms with E-state index in [1.807, 2.05) is 0 Å². The monoisotopic (exact) mass is 379 g/mol. The van der Waals surface area contributed by atoms with Crippen molar-refractivity contribution in [1.29, 1.82) is 0 Å². The highest BCUT2D eigenvalue weighted by Crippen LogP contribution is 2.25. The molecule has 0 bridgehead atoms. The van der Waals surface area contributed by atoms with E-state index in [4.69, 9.17) is 16.3 Å². The molecule has 0 saturated carbocycles. The summed E-state index contributed by atoms with van der Waals surface area (Å²) >= 11 is 5.87. The lowest BCUT2D eigenvalue weighted by Crippen LogP contribution is -2.53. The van der Waals surface area contributed by atoms with E-state index in [2.05, 4.69) is 0 Å². The van der Waals surface area contributed by atoms with E-state index in [0.29, 0.717) is 37.8 Å². The Kier molecular flexibility index (Phi) is 5.13. The third-order valence-corrected chi connectivity index (χ3v) is 4.62. The molecule has 26 heavy (non-hydrogen) atoms. The number of piperazine rings is 1. The van der Waals surface area contributed by atoms with Gasteiger partial charge in [-0.3, -0.25) is 19.3 Å². The van der Waals surface area contributed by atoms with Crippen molar-refractivity contribution in [2.24, 2.45) is 0 Å². The first kappa shape index (κ1) is 18.2. The molecular formula is C17H18ClN3O5. The fourth-order valence-electron chi connectivity index (χ4n) is 2.99. The zero-order chi connectivity index (χ0) is 18.8. The maximum atomic E-state index is 12.5. The first-order valence-electron chi connectivity index (χ1n) is 8.27. The number of fused-ring (bicyclic) bond motifs is 1. The number of carbonyl (C=O) groups excluding carboxylic acids is 4. The van der Waals surface area contributed by atoms with Crippen molar-refractivity contribution in [2.45, 2.75) is 6.92 Å². The van der Waals surface area contributed by atoms with Gasteiger partial charge < -0.3 is 14.5 Å². The fourth-order valence-corrected chi connectivity index (χ4v) is 3.17. The second-order valence-electron chi connectivity index (χ2n) is 5.95. The predicted octanol–water partition coefficient (Wildman–Crippen LogP) is 1.24. The van der Waals surface area contributed by atoms with E-state index in [1.54, 1.807) is 6.92 Å². The number of halogens is 1. The number of benzene rings is 1. The number of hydrogen-bond acceptors (Lipinski definition) is 5. The number of imide groups is 1. The molecule has 3 rings (SSSR count). The smallest absolute Gasteiger partial charge is 0.409 e. The van der Waals surface area contributed by atoms with Crippen LogP contribution in [0.15, 0.2) is 18.2 Å². The molecule has 2 heterocycles. The molecule has 2 aliphatic heterocycles. The molecule has 0 spiro atoms. The molecule has 9 heteroatoms. The van der Waals surface area contributed by atoms with Gasteiger partial charge in [0.2, 0.25) is 5.91 Å². The molecule has 4 amide bonds. The Morgan fingerprint density at radius 1 is 1.04 bits per heavy atom. The quantitative estimate of drug-likeness (QED) is 0.737. The molecule has 1 fully saturated rings. The number of carbonyl (C=O) groups is 4. The van der Waals surface area contributed by atoms with Crippen LogP contribution in [0.5, 0.6) is 0 Å². The highest BCUT2D eigenvalue weighted by atomic mass is 35.5. The lowest BCUT2D eigenvalue weighted by molar-refractivity contribution is -0.133. The molecule has 0 aliphatic carbocycles. The van der Waals surface area contributed by atoms with Gasteiger partial charge in [0.25, 0.3) is 11.8 Å². The largest absolute Gasteiger partial charge is 0.450 e. The number of rotatable bonds is 3. The molecule has 2 aliphatic rings. The third-order valence-electron chi connectivity index (χ3n) is 4.38. The van der Waals surface area contributed by atoms with Crippen LogP contribution in [0.4, 0.5) is 4.79 Å². The SMILES string of the molecule is CCOC(=O)N1CCN(C(=O)CN2C(=O)c3ccc(Cl)cc3C2=O)CC1. The number of hydrogen-bond donors (Lipinski definition) is 0. The standard InChI is InChI=1S/C17H18ClN3O5/c1-2-26-17(25)20-7-5-19(6-8-20)14(22)10-21-15(23)12-4-3-11(18)9-13(12)16(21)24/h3-4,9H,2,5-8,10H2,1H3. The van der Waals surface area contributed by atoms with Crippen LogP contribution in [0.1, 0.15) is 27.6 Å². The van der Waals surface area contributed by atoms with Crippen LogP contribution in [0.3, 0.4) is 0 Å². The van der Waals surface area contributed by atoms with E-state index in [-0.39, 0.29) is 23.6 Å². The summed E-state index contributed by atoms with van der Waals surface area (Å²) < 4.78 is 4.93. The Morgan fingerprint density at radius 3 is 2.31 bits per heavy atom. The zero-order valence-corrected chi connectivity index (χ0v) is 15.0. The summed E-state index contributed by atoms with van der Waals surface area (Å²) in [6.07, 6.45) is -0.406. The normalized spacial score (nSPS) is 16.8. The van der Waals surface area contributed by atoms with E-state index in [0.717, 1.165) is 4.90 Å². The summed E-state index contributed by atoms with van der Waals surface area (Å²) in [5.74, 6) is -1.36. The average Bonchev–Trinajstić information content (AvgIpc) is 2.86. The molecule has 1 aromatic carbocycles. The van der Waals surface area contributed by atoms with Crippen molar-refractivity contribution < 1.29 is 23.9 Å². The minimum atomic E-state index is -0.522. The molecule has 1 aromatic rings. The predicted molar refractivity (Wildman–Crippen MR) is 92.0 cm³/mol. The maximum Gasteiger partial charge on any atom is 0.409 e. The summed E-state index contributed by atoms with van der Waals surface area (Å²) in [6.45, 7) is 3.04. The summed E-state index contributed by atoms with van der Waals surface area (Å²) in [7, 11) is 0. The molecule has 138 valence electrons. The van der Waals surface area contributed by atoms with Crippen molar-refractivity contribution in [2.75, 3.05) is 39.3 Å². The van der Waals surface area contributed by atoms with Gasteiger partial charge in [-0.1, -0.05) is 11.6 Å². The van der Waals surface area contributed by atoms with Crippen LogP contribution in [-0.2, 0) is 9.53 Å². The van der Waals surface area contributed by atoms with Crippen molar-refractivity contribution >= 4 is 35.4 Å². The summed E-state index contributed by atoms with van der Waals surface area (Å²) in [4.78, 5) is 52.9. The van der Waals surface area contributed by atoms with Crippen molar-refractivity contribution in [3.8, 4) is 0 Å². The lowest BCUT2D eigenvalue weighted by Gasteiger charge is -2.34.